The molecule has 18 heavy (non-hydrogen) atoms. The van der Waals surface area contributed by atoms with Gasteiger partial charge in [-0.3, -0.25) is 0 Å². The van der Waals surface area contributed by atoms with Gasteiger partial charge in [0.2, 0.25) is 0 Å². The molecule has 0 aromatic carbocycles. The molecular weight excluding hydrogens is 224 g/mol. The second-order valence-electron chi connectivity index (χ2n) is 4.67. The summed E-state index contributed by atoms with van der Waals surface area (Å²) >= 11 is 0. The molecule has 0 aromatic rings. The van der Waals surface area contributed by atoms with Gasteiger partial charge in [-0.2, -0.15) is 0 Å². The third kappa shape index (κ3) is 7.31. The van der Waals surface area contributed by atoms with E-state index in [-0.39, 0.29) is 12.1 Å². The van der Waals surface area contributed by atoms with Crippen LogP contribution in [0, 0.1) is 5.41 Å². The molecule has 1 aliphatic rings. The van der Waals surface area contributed by atoms with Crippen molar-refractivity contribution in [3.63, 3.8) is 0 Å². The van der Waals surface area contributed by atoms with Crippen LogP contribution in [0.1, 0.15) is 60.8 Å². The van der Waals surface area contributed by atoms with Crippen LogP contribution in [0.4, 0.5) is 0 Å². The monoisotopic (exact) mass is 254 g/mol. The first-order valence-corrected chi connectivity index (χ1v) is 6.95. The number of ether oxygens (including phenoxy) is 1. The van der Waals surface area contributed by atoms with Gasteiger partial charge >= 0.3 is 5.97 Å². The van der Waals surface area contributed by atoms with Gasteiger partial charge in [0.1, 0.15) is 6.10 Å². The van der Waals surface area contributed by atoms with Crippen LogP contribution in [0.25, 0.3) is 0 Å². The van der Waals surface area contributed by atoms with Crippen molar-refractivity contribution in [1.82, 2.24) is 0 Å². The zero-order valence-corrected chi connectivity index (χ0v) is 13.0. The number of esters is 1. The summed E-state index contributed by atoms with van der Waals surface area (Å²) in [6.07, 6.45) is 3.98. The van der Waals surface area contributed by atoms with Crippen molar-refractivity contribution in [2.75, 3.05) is 0 Å². The Morgan fingerprint density at radius 2 is 1.83 bits per heavy atom. The molecule has 0 radical (unpaired) electrons. The van der Waals surface area contributed by atoms with E-state index in [1.54, 1.807) is 0 Å². The van der Waals surface area contributed by atoms with Crippen LogP contribution in [0.2, 0.25) is 0 Å². The second-order valence-corrected chi connectivity index (χ2v) is 4.67. The third-order valence-corrected chi connectivity index (χ3v) is 2.67. The van der Waals surface area contributed by atoms with E-state index < -0.39 is 0 Å². The minimum absolute atomic E-state index is 0.103. The van der Waals surface area contributed by atoms with E-state index in [0.717, 1.165) is 24.8 Å². The molecule has 0 amide bonds. The lowest BCUT2D eigenvalue weighted by Gasteiger charge is -2.35. The van der Waals surface area contributed by atoms with E-state index in [4.69, 9.17) is 4.74 Å². The summed E-state index contributed by atoms with van der Waals surface area (Å²) in [7, 11) is 0. The first-order valence-electron chi connectivity index (χ1n) is 6.95. The van der Waals surface area contributed by atoms with E-state index >= 15 is 0 Å². The van der Waals surface area contributed by atoms with Crippen molar-refractivity contribution in [3.05, 3.63) is 24.8 Å². The Labute approximate surface area is 113 Å². The highest BCUT2D eigenvalue weighted by atomic mass is 16.5. The van der Waals surface area contributed by atoms with E-state index in [2.05, 4.69) is 27.0 Å². The van der Waals surface area contributed by atoms with Gasteiger partial charge in [0.05, 0.1) is 0 Å². The molecule has 2 heteroatoms. The van der Waals surface area contributed by atoms with Crippen molar-refractivity contribution >= 4 is 5.97 Å². The van der Waals surface area contributed by atoms with E-state index in [1.807, 2.05) is 27.7 Å². The smallest absolute Gasteiger partial charge is 0.330 e. The SMILES string of the molecule is C=CC(=O)OC1CCC(C)(C)CC1=C.CC.CC. The number of hydrogen-bond acceptors (Lipinski definition) is 2. The lowest BCUT2D eigenvalue weighted by Crippen LogP contribution is -2.29. The van der Waals surface area contributed by atoms with E-state index in [0.29, 0.717) is 5.41 Å². The number of hydrogen-bond donors (Lipinski definition) is 0. The highest BCUT2D eigenvalue weighted by molar-refractivity contribution is 5.81. The molecule has 1 unspecified atom stereocenters. The maximum atomic E-state index is 11.0. The van der Waals surface area contributed by atoms with Gasteiger partial charge < -0.3 is 4.74 Å². The maximum absolute atomic E-state index is 11.0. The summed E-state index contributed by atoms with van der Waals surface area (Å²) in [5, 5.41) is 0. The van der Waals surface area contributed by atoms with E-state index in [1.165, 1.54) is 6.08 Å². The minimum Gasteiger partial charge on any atom is -0.455 e. The molecule has 1 fully saturated rings. The highest BCUT2D eigenvalue weighted by Crippen LogP contribution is 2.38. The van der Waals surface area contributed by atoms with Gasteiger partial charge in [0.15, 0.2) is 0 Å². The summed E-state index contributed by atoms with van der Waals surface area (Å²) in [4.78, 5) is 11.0. The van der Waals surface area contributed by atoms with Crippen molar-refractivity contribution in [2.45, 2.75) is 66.9 Å². The second kappa shape index (κ2) is 9.93. The van der Waals surface area contributed by atoms with Crippen LogP contribution in [0.15, 0.2) is 24.8 Å². The Morgan fingerprint density at radius 3 is 2.22 bits per heavy atom. The highest BCUT2D eigenvalue weighted by Gasteiger charge is 2.31. The van der Waals surface area contributed by atoms with Crippen LogP contribution < -0.4 is 0 Å². The Balaban J connectivity index is 0. The standard InChI is InChI=1S/C12H18O2.2C2H6/c1-5-11(13)14-10-6-7-12(3,4)8-9(10)2;2*1-2/h5,10H,1-2,6-8H2,3-4H3;2*1-2H3. The van der Waals surface area contributed by atoms with Crippen LogP contribution in [-0.4, -0.2) is 12.1 Å². The molecule has 0 bridgehead atoms. The third-order valence-electron chi connectivity index (χ3n) is 2.67. The lowest BCUT2D eigenvalue weighted by atomic mass is 9.74. The quantitative estimate of drug-likeness (QED) is 0.398. The fraction of sp³-hybridized carbons (Fsp3) is 0.688. The van der Waals surface area contributed by atoms with Crippen molar-refractivity contribution in [2.24, 2.45) is 5.41 Å². The molecule has 2 nitrogen and oxygen atoms in total. The minimum atomic E-state index is -0.351. The molecule has 1 aliphatic carbocycles. The molecular formula is C16H30O2. The predicted octanol–water partition coefficient (Wildman–Crippen LogP) is 4.90. The van der Waals surface area contributed by atoms with Gasteiger partial charge in [0.25, 0.3) is 0 Å². The molecule has 0 aliphatic heterocycles. The Morgan fingerprint density at radius 1 is 1.33 bits per heavy atom. The molecule has 1 saturated carbocycles. The van der Waals surface area contributed by atoms with Gasteiger partial charge in [-0.15, -0.1) is 0 Å². The summed E-state index contributed by atoms with van der Waals surface area (Å²) in [6.45, 7) is 19.8. The number of carbonyl (C=O) groups is 1. The molecule has 0 heterocycles. The first-order chi connectivity index (χ1) is 8.44. The van der Waals surface area contributed by atoms with Gasteiger partial charge in [-0.25, -0.2) is 4.79 Å². The Hall–Kier alpha value is -1.05. The summed E-state index contributed by atoms with van der Waals surface area (Å²) in [5.41, 5.74) is 1.32. The van der Waals surface area contributed by atoms with Crippen LogP contribution in [-0.2, 0) is 9.53 Å². The van der Waals surface area contributed by atoms with Gasteiger partial charge in [0, 0.05) is 6.08 Å². The van der Waals surface area contributed by atoms with Gasteiger partial charge in [-0.05, 0) is 30.3 Å². The van der Waals surface area contributed by atoms with Gasteiger partial charge in [-0.1, -0.05) is 54.7 Å². The lowest BCUT2D eigenvalue weighted by molar-refractivity contribution is -0.142. The normalized spacial score (nSPS) is 20.6. The summed E-state index contributed by atoms with van der Waals surface area (Å²) in [6, 6.07) is 0. The fourth-order valence-corrected chi connectivity index (χ4v) is 1.87. The first kappa shape index (κ1) is 19.3. The largest absolute Gasteiger partial charge is 0.455 e. The number of carbonyl (C=O) groups excluding carboxylic acids is 1. The molecule has 1 rings (SSSR count). The fourth-order valence-electron chi connectivity index (χ4n) is 1.87. The molecule has 0 aromatic heterocycles. The van der Waals surface area contributed by atoms with E-state index in [9.17, 15) is 4.79 Å². The van der Waals surface area contributed by atoms with Crippen molar-refractivity contribution in [3.8, 4) is 0 Å². The maximum Gasteiger partial charge on any atom is 0.330 e. The molecule has 0 N–H and O–H groups in total. The topological polar surface area (TPSA) is 26.3 Å². The van der Waals surface area contributed by atoms with Crippen LogP contribution >= 0.6 is 0 Å². The zero-order valence-electron chi connectivity index (χ0n) is 13.0. The Kier molecular flexibility index (Phi) is 10.6. The van der Waals surface area contributed by atoms with Crippen molar-refractivity contribution in [1.29, 1.82) is 0 Å². The average Bonchev–Trinajstić information content (AvgIpc) is 2.37. The Bertz CT molecular complexity index is 264. The summed E-state index contributed by atoms with van der Waals surface area (Å²) < 4.78 is 5.19. The van der Waals surface area contributed by atoms with Crippen molar-refractivity contribution < 1.29 is 9.53 Å². The van der Waals surface area contributed by atoms with Crippen LogP contribution in [0.3, 0.4) is 0 Å². The number of rotatable bonds is 2. The molecule has 0 saturated heterocycles. The summed E-state index contributed by atoms with van der Waals surface area (Å²) in [5.74, 6) is -0.351. The average molecular weight is 254 g/mol. The van der Waals surface area contributed by atoms with Crippen LogP contribution in [0.5, 0.6) is 0 Å². The molecule has 106 valence electrons. The molecule has 1 atom stereocenters. The zero-order chi connectivity index (χ0) is 14.8. The molecule has 0 spiro atoms. The predicted molar refractivity (Wildman–Crippen MR) is 79.5 cm³/mol.